The molecule has 3 heterocycles. The van der Waals surface area contributed by atoms with Crippen LogP contribution in [0.5, 0.6) is 0 Å². The Morgan fingerprint density at radius 3 is 2.10 bits per heavy atom. The molecule has 51 heavy (non-hydrogen) atoms. The lowest BCUT2D eigenvalue weighted by Gasteiger charge is -2.44. The Labute approximate surface area is 296 Å². The standard InChI is InChI=1S/C31H34N6O12S2/c1-18(38)27-25-13-26(28(35(25)29(27)39)30(40)48-16-19-4-8-21(9-5-19)36(42)43)50-24-12-23(14-32-33(2)51(3,46)47)34(15-24)31(41)49-17-20-6-10-22(11-7-20)37(44)45/h4-11,14,18,24-25,27,32,38H,12-13,15-17H2,1-3H3. The largest absolute Gasteiger partial charge is 0.456 e. The molecule has 2 aromatic carbocycles. The van der Waals surface area contributed by atoms with E-state index < -0.39 is 61.2 Å². The Hall–Kier alpha value is -5.05. The van der Waals surface area contributed by atoms with Crippen molar-refractivity contribution in [3.8, 4) is 0 Å². The van der Waals surface area contributed by atoms with Gasteiger partial charge in [0.2, 0.25) is 15.9 Å². The summed E-state index contributed by atoms with van der Waals surface area (Å²) < 4.78 is 35.8. The number of aliphatic hydroxyl groups is 1. The van der Waals surface area contributed by atoms with Gasteiger partial charge in [-0.1, -0.05) is 0 Å². The van der Waals surface area contributed by atoms with Crippen LogP contribution >= 0.6 is 11.8 Å². The minimum absolute atomic E-state index is 0.00785. The van der Waals surface area contributed by atoms with Crippen molar-refractivity contribution in [2.24, 2.45) is 5.92 Å². The lowest BCUT2D eigenvalue weighted by atomic mass is 9.83. The van der Waals surface area contributed by atoms with Crippen LogP contribution < -0.4 is 5.43 Å². The zero-order valence-electron chi connectivity index (χ0n) is 27.5. The molecule has 2 fully saturated rings. The molecule has 3 aliphatic heterocycles. The van der Waals surface area contributed by atoms with Crippen molar-refractivity contribution in [2.45, 2.75) is 50.4 Å². The lowest BCUT2D eigenvalue weighted by molar-refractivity contribution is -0.385. The Balaban J connectivity index is 1.35. The van der Waals surface area contributed by atoms with Crippen LogP contribution in [-0.2, 0) is 42.3 Å². The number of fused-ring (bicyclic) bond motifs is 1. The minimum atomic E-state index is -3.65. The van der Waals surface area contributed by atoms with Gasteiger partial charge in [-0.2, -0.15) is 0 Å². The number of β-lactam (4-membered cyclic amide) rings is 1. The van der Waals surface area contributed by atoms with Crippen molar-refractivity contribution in [2.75, 3.05) is 19.8 Å². The normalized spacial score (nSPS) is 21.4. The van der Waals surface area contributed by atoms with Crippen molar-refractivity contribution >= 4 is 51.1 Å². The van der Waals surface area contributed by atoms with Gasteiger partial charge in [0.05, 0.1) is 34.2 Å². The molecule has 3 aliphatic rings. The van der Waals surface area contributed by atoms with Crippen LogP contribution in [-0.4, -0.2) is 92.8 Å². The Morgan fingerprint density at radius 2 is 1.59 bits per heavy atom. The van der Waals surface area contributed by atoms with Crippen molar-refractivity contribution in [1.29, 1.82) is 0 Å². The van der Waals surface area contributed by atoms with Crippen LogP contribution in [0.2, 0.25) is 0 Å². The smallest absolute Gasteiger partial charge is 0.414 e. The second kappa shape index (κ2) is 15.1. The quantitative estimate of drug-likeness (QED) is 0.130. The van der Waals surface area contributed by atoms with Gasteiger partial charge in [-0.3, -0.25) is 29.9 Å². The van der Waals surface area contributed by atoms with Crippen molar-refractivity contribution in [3.63, 3.8) is 0 Å². The molecule has 0 bridgehead atoms. The van der Waals surface area contributed by atoms with E-state index in [0.29, 0.717) is 21.7 Å². The summed E-state index contributed by atoms with van der Waals surface area (Å²) in [5.41, 5.74) is 3.71. The summed E-state index contributed by atoms with van der Waals surface area (Å²) in [7, 11) is -2.37. The molecule has 2 aromatic rings. The number of nitro benzene ring substituents is 2. The van der Waals surface area contributed by atoms with E-state index >= 15 is 0 Å². The van der Waals surface area contributed by atoms with E-state index in [2.05, 4.69) is 5.43 Å². The average molecular weight is 747 g/mol. The molecular formula is C31H34N6O12S2. The first-order valence-corrected chi connectivity index (χ1v) is 18.2. The molecule has 0 aromatic heterocycles. The third kappa shape index (κ3) is 8.30. The lowest BCUT2D eigenvalue weighted by Crippen LogP contribution is -2.61. The van der Waals surface area contributed by atoms with E-state index in [4.69, 9.17) is 9.47 Å². The highest BCUT2D eigenvalue weighted by Crippen LogP contribution is 2.49. The third-order valence-corrected chi connectivity index (χ3v) is 10.9. The van der Waals surface area contributed by atoms with Gasteiger partial charge < -0.3 is 24.9 Å². The molecule has 5 rings (SSSR count). The van der Waals surface area contributed by atoms with Crippen molar-refractivity contribution < 1.29 is 47.2 Å². The van der Waals surface area contributed by atoms with Crippen LogP contribution in [0.4, 0.5) is 16.2 Å². The number of nitro groups is 2. The molecule has 4 atom stereocenters. The summed E-state index contributed by atoms with van der Waals surface area (Å²) in [5.74, 6) is -1.98. The van der Waals surface area contributed by atoms with Gasteiger partial charge in [0.25, 0.3) is 11.4 Å². The number of carbonyl (C=O) groups excluding carboxylic acids is 3. The van der Waals surface area contributed by atoms with E-state index in [0.717, 1.165) is 10.7 Å². The summed E-state index contributed by atoms with van der Waals surface area (Å²) in [5, 5.41) is 31.8. The van der Waals surface area contributed by atoms with Gasteiger partial charge in [-0.05, 0) is 42.3 Å². The van der Waals surface area contributed by atoms with E-state index in [1.54, 1.807) is 0 Å². The van der Waals surface area contributed by atoms with Crippen LogP contribution in [0, 0.1) is 26.1 Å². The molecule has 4 unspecified atom stereocenters. The number of nitrogens with one attached hydrogen (secondary N) is 1. The van der Waals surface area contributed by atoms with Gasteiger partial charge in [0, 0.05) is 72.8 Å². The summed E-state index contributed by atoms with van der Waals surface area (Å²) in [6, 6.07) is 10.4. The van der Waals surface area contributed by atoms with Crippen molar-refractivity contribution in [3.05, 3.63) is 102 Å². The number of allylic oxidation sites excluding steroid dienone is 1. The predicted molar refractivity (Wildman–Crippen MR) is 180 cm³/mol. The first-order valence-electron chi connectivity index (χ1n) is 15.4. The number of amides is 2. The average Bonchev–Trinajstić information content (AvgIpc) is 3.63. The topological polar surface area (TPSA) is 232 Å². The summed E-state index contributed by atoms with van der Waals surface area (Å²) in [4.78, 5) is 63.9. The minimum Gasteiger partial charge on any atom is -0.456 e. The number of ether oxygens (including phenoxy) is 2. The van der Waals surface area contributed by atoms with E-state index in [-0.39, 0.29) is 49.7 Å². The first kappa shape index (κ1) is 37.2. The fraction of sp³-hybridized carbons (Fsp3) is 0.387. The number of nitrogens with zero attached hydrogens (tertiary/aromatic N) is 5. The fourth-order valence-corrected chi connectivity index (χ4v) is 7.48. The number of hydrogen-bond acceptors (Lipinski definition) is 14. The maximum atomic E-state index is 13.5. The van der Waals surface area contributed by atoms with Gasteiger partial charge >= 0.3 is 12.1 Å². The number of hydrazine groups is 1. The van der Waals surface area contributed by atoms with Gasteiger partial charge in [-0.25, -0.2) is 18.0 Å². The second-order valence-corrected chi connectivity index (χ2v) is 15.5. The molecule has 2 N–H and O–H groups in total. The molecule has 20 heteroatoms. The van der Waals surface area contributed by atoms with E-state index in [1.165, 1.54) is 90.3 Å². The molecular weight excluding hydrogens is 713 g/mol. The second-order valence-electron chi connectivity index (χ2n) is 12.0. The maximum absolute atomic E-state index is 13.5. The van der Waals surface area contributed by atoms with Gasteiger partial charge in [0.15, 0.2) is 0 Å². The molecule has 2 amide bonds. The molecule has 0 spiro atoms. The number of hydrogen-bond donors (Lipinski definition) is 2. The molecule has 0 radical (unpaired) electrons. The highest BCUT2D eigenvalue weighted by atomic mass is 32.2. The van der Waals surface area contributed by atoms with E-state index in [9.17, 15) is 48.1 Å². The SMILES string of the molecule is CC(O)C1C(=O)N2C(C(=O)OCc3ccc([N+](=O)[O-])cc3)=C(SC3CC(=CNN(C)S(C)(=O)=O)N(C(=O)OCc4ccc([N+](=O)[O-])cc4)C3)CC12. The van der Waals surface area contributed by atoms with Crippen LogP contribution in [0.15, 0.2) is 71.0 Å². The highest BCUT2D eigenvalue weighted by molar-refractivity contribution is 8.03. The van der Waals surface area contributed by atoms with E-state index in [1.807, 2.05) is 0 Å². The molecule has 0 aliphatic carbocycles. The van der Waals surface area contributed by atoms with Crippen LogP contribution in [0.1, 0.15) is 30.9 Å². The number of likely N-dealkylation sites (tertiary alicyclic amines) is 1. The fourth-order valence-electron chi connectivity index (χ4n) is 5.79. The van der Waals surface area contributed by atoms with Gasteiger partial charge in [0.1, 0.15) is 18.9 Å². The van der Waals surface area contributed by atoms with Gasteiger partial charge in [-0.15, -0.1) is 16.2 Å². The zero-order valence-corrected chi connectivity index (χ0v) is 29.2. The predicted octanol–water partition coefficient (Wildman–Crippen LogP) is 2.75. The Bertz CT molecular complexity index is 1900. The number of benzene rings is 2. The third-order valence-electron chi connectivity index (χ3n) is 8.52. The van der Waals surface area contributed by atoms with Crippen LogP contribution in [0.25, 0.3) is 0 Å². The number of aliphatic hydroxyl groups excluding tert-OH is 1. The number of rotatable bonds is 13. The number of carbonyl (C=O) groups is 3. The monoisotopic (exact) mass is 746 g/mol. The Morgan fingerprint density at radius 1 is 1.04 bits per heavy atom. The summed E-state index contributed by atoms with van der Waals surface area (Å²) in [6.45, 7) is 1.12. The molecule has 18 nitrogen and oxygen atoms in total. The summed E-state index contributed by atoms with van der Waals surface area (Å²) in [6.07, 6.45) is 1.03. The molecule has 2 saturated heterocycles. The van der Waals surface area contributed by atoms with Crippen LogP contribution in [0.3, 0.4) is 0 Å². The van der Waals surface area contributed by atoms with Crippen molar-refractivity contribution in [1.82, 2.24) is 19.6 Å². The number of sulfonamides is 1. The zero-order chi connectivity index (χ0) is 37.2. The number of esters is 1. The highest BCUT2D eigenvalue weighted by Gasteiger charge is 2.57. The summed E-state index contributed by atoms with van der Waals surface area (Å²) >= 11 is 1.24. The molecule has 0 saturated carbocycles. The Kier molecular flexibility index (Phi) is 11.0. The first-order chi connectivity index (χ1) is 24.0. The molecule has 272 valence electrons. The number of non-ortho nitro benzene ring substituents is 2. The maximum Gasteiger partial charge on any atom is 0.414 e. The number of thioether (sulfide) groups is 1.